The zero-order chi connectivity index (χ0) is 19.6. The molecule has 5 nitrogen and oxygen atoms in total. The first-order chi connectivity index (χ1) is 13.6. The number of nitrogens with zero attached hydrogens (tertiary/aromatic N) is 1. The highest BCUT2D eigenvalue weighted by Gasteiger charge is 2.52. The van der Waals surface area contributed by atoms with Gasteiger partial charge in [0.1, 0.15) is 0 Å². The van der Waals surface area contributed by atoms with Crippen LogP contribution in [0, 0.1) is 0 Å². The fourth-order valence-electron chi connectivity index (χ4n) is 3.47. The highest BCUT2D eigenvalue weighted by molar-refractivity contribution is 7.12. The number of urea groups is 1. The number of carbonyl (C=O) groups excluding carboxylic acids is 3. The number of ketones is 1. The smallest absolute Gasteiger partial charge is 0.319 e. The molecule has 1 N–H and O–H groups in total. The van der Waals surface area contributed by atoms with Crippen LogP contribution in [-0.2, 0) is 16.8 Å². The zero-order valence-electron chi connectivity index (χ0n) is 15.0. The van der Waals surface area contributed by atoms with Gasteiger partial charge in [0, 0.05) is 6.42 Å². The van der Waals surface area contributed by atoms with Crippen molar-refractivity contribution in [2.75, 3.05) is 6.54 Å². The summed E-state index contributed by atoms with van der Waals surface area (Å²) < 4.78 is 0. The van der Waals surface area contributed by atoms with Gasteiger partial charge in [-0.05, 0) is 22.6 Å². The first-order valence-corrected chi connectivity index (χ1v) is 9.78. The molecule has 0 radical (unpaired) electrons. The van der Waals surface area contributed by atoms with Gasteiger partial charge in [0.05, 0.1) is 11.4 Å². The summed E-state index contributed by atoms with van der Waals surface area (Å²) in [4.78, 5) is 40.2. The van der Waals surface area contributed by atoms with Crippen molar-refractivity contribution >= 4 is 29.1 Å². The summed E-state index contributed by atoms with van der Waals surface area (Å²) in [5.41, 5.74) is 0.393. The Morgan fingerprint density at radius 2 is 1.61 bits per heavy atom. The van der Waals surface area contributed by atoms with Crippen molar-refractivity contribution in [2.45, 2.75) is 12.0 Å². The van der Waals surface area contributed by atoms with Crippen LogP contribution in [0.2, 0.25) is 0 Å². The second-order valence-electron chi connectivity index (χ2n) is 6.66. The number of nitrogens with one attached hydrogen (secondary N) is 1. The lowest BCUT2D eigenvalue weighted by Gasteiger charge is -2.27. The Bertz CT molecular complexity index is 1000. The van der Waals surface area contributed by atoms with Crippen molar-refractivity contribution in [1.82, 2.24) is 10.2 Å². The van der Waals surface area contributed by atoms with Gasteiger partial charge in [0.2, 0.25) is 0 Å². The lowest BCUT2D eigenvalue weighted by molar-refractivity contribution is -0.131. The number of carbonyl (C=O) groups is 3. The van der Waals surface area contributed by atoms with Crippen molar-refractivity contribution < 1.29 is 14.4 Å². The third-order valence-electron chi connectivity index (χ3n) is 4.85. The minimum absolute atomic E-state index is 0.248. The quantitative estimate of drug-likeness (QED) is 0.516. The lowest BCUT2D eigenvalue weighted by Crippen LogP contribution is -2.46. The van der Waals surface area contributed by atoms with E-state index in [1.165, 1.54) is 11.3 Å². The van der Waals surface area contributed by atoms with Crippen LogP contribution in [0.15, 0.2) is 78.2 Å². The third-order valence-corrected chi connectivity index (χ3v) is 5.76. The molecule has 1 atom stereocenters. The standard InChI is InChI=1S/C22H18N2O3S/c25-18(19-12-7-13-28-19)15-24-20(26)22(23-21(24)27,17-10-5-2-6-11-17)14-16-8-3-1-4-9-16/h1-13H,14-15H2,(H,23,27). The number of rotatable bonds is 6. The van der Waals surface area contributed by atoms with Crippen LogP contribution >= 0.6 is 11.3 Å². The Hall–Kier alpha value is -3.25. The molecule has 1 aliphatic rings. The van der Waals surface area contributed by atoms with Crippen LogP contribution in [0.1, 0.15) is 20.8 Å². The minimum atomic E-state index is -1.23. The van der Waals surface area contributed by atoms with E-state index in [4.69, 9.17) is 0 Å². The number of Topliss-reactive ketones (excluding diaryl/α,β-unsaturated/α-hetero) is 1. The molecule has 1 saturated heterocycles. The van der Waals surface area contributed by atoms with Gasteiger partial charge in [0.15, 0.2) is 11.3 Å². The fourth-order valence-corrected chi connectivity index (χ4v) is 4.13. The number of hydrogen-bond donors (Lipinski definition) is 1. The van der Waals surface area contributed by atoms with E-state index in [1.807, 2.05) is 60.7 Å². The molecule has 4 rings (SSSR count). The largest absolute Gasteiger partial charge is 0.325 e. The predicted octanol–water partition coefficient (Wildman–Crippen LogP) is 3.62. The normalized spacial score (nSPS) is 18.9. The number of amides is 3. The van der Waals surface area contributed by atoms with E-state index in [0.717, 1.165) is 10.5 Å². The van der Waals surface area contributed by atoms with Crippen LogP contribution in [0.4, 0.5) is 4.79 Å². The predicted molar refractivity (Wildman–Crippen MR) is 107 cm³/mol. The van der Waals surface area contributed by atoms with Gasteiger partial charge in [-0.15, -0.1) is 11.3 Å². The Kier molecular flexibility index (Phi) is 4.79. The molecular weight excluding hydrogens is 372 g/mol. The Morgan fingerprint density at radius 3 is 2.25 bits per heavy atom. The average molecular weight is 390 g/mol. The molecule has 1 unspecified atom stereocenters. The molecule has 140 valence electrons. The Morgan fingerprint density at radius 1 is 0.929 bits per heavy atom. The molecule has 0 saturated carbocycles. The Balaban J connectivity index is 1.69. The monoisotopic (exact) mass is 390 g/mol. The summed E-state index contributed by atoms with van der Waals surface area (Å²) >= 11 is 1.30. The molecule has 0 spiro atoms. The van der Waals surface area contributed by atoms with Gasteiger partial charge in [-0.2, -0.15) is 0 Å². The molecule has 1 fully saturated rings. The summed E-state index contributed by atoms with van der Waals surface area (Å²) in [5.74, 6) is -0.653. The molecule has 3 aromatic rings. The average Bonchev–Trinajstić information content (AvgIpc) is 3.34. The van der Waals surface area contributed by atoms with E-state index in [0.29, 0.717) is 16.9 Å². The SMILES string of the molecule is O=C(CN1C(=O)NC(Cc2ccccc2)(c2ccccc2)C1=O)c1cccs1. The highest BCUT2D eigenvalue weighted by atomic mass is 32.1. The second kappa shape index (κ2) is 7.40. The van der Waals surface area contributed by atoms with E-state index in [-0.39, 0.29) is 12.3 Å². The van der Waals surface area contributed by atoms with Crippen LogP contribution in [0.25, 0.3) is 0 Å². The summed E-state index contributed by atoms with van der Waals surface area (Å²) in [6.07, 6.45) is 0.312. The molecule has 6 heteroatoms. The molecule has 1 aliphatic heterocycles. The van der Waals surface area contributed by atoms with Crippen molar-refractivity contribution in [2.24, 2.45) is 0 Å². The first kappa shape index (κ1) is 18.1. The first-order valence-electron chi connectivity index (χ1n) is 8.90. The number of benzene rings is 2. The number of imide groups is 1. The van der Waals surface area contributed by atoms with Crippen LogP contribution < -0.4 is 5.32 Å². The van der Waals surface area contributed by atoms with Crippen LogP contribution in [0.5, 0.6) is 0 Å². The van der Waals surface area contributed by atoms with Crippen LogP contribution in [-0.4, -0.2) is 29.2 Å². The second-order valence-corrected chi connectivity index (χ2v) is 7.60. The molecule has 0 bridgehead atoms. The summed E-state index contributed by atoms with van der Waals surface area (Å²) in [5, 5.41) is 4.67. The van der Waals surface area contributed by atoms with Gasteiger partial charge in [-0.3, -0.25) is 14.5 Å². The molecule has 2 heterocycles. The van der Waals surface area contributed by atoms with Crippen molar-refractivity contribution in [1.29, 1.82) is 0 Å². The summed E-state index contributed by atoms with van der Waals surface area (Å²) in [6, 6.07) is 21.6. The van der Waals surface area contributed by atoms with E-state index in [2.05, 4.69) is 5.32 Å². The minimum Gasteiger partial charge on any atom is -0.319 e. The van der Waals surface area contributed by atoms with Crippen molar-refractivity contribution in [3.05, 3.63) is 94.2 Å². The molecule has 3 amide bonds. The zero-order valence-corrected chi connectivity index (χ0v) is 15.8. The fraction of sp³-hybridized carbons (Fsp3) is 0.136. The molecule has 28 heavy (non-hydrogen) atoms. The van der Waals surface area contributed by atoms with Gasteiger partial charge in [-0.25, -0.2) is 4.79 Å². The van der Waals surface area contributed by atoms with Gasteiger partial charge in [-0.1, -0.05) is 66.7 Å². The molecule has 0 aliphatic carbocycles. The van der Waals surface area contributed by atoms with E-state index >= 15 is 0 Å². The maximum Gasteiger partial charge on any atom is 0.325 e. The molecule has 2 aromatic carbocycles. The Labute approximate surface area is 166 Å². The van der Waals surface area contributed by atoms with Crippen molar-refractivity contribution in [3.63, 3.8) is 0 Å². The van der Waals surface area contributed by atoms with Gasteiger partial charge >= 0.3 is 6.03 Å². The third kappa shape index (κ3) is 3.23. The summed E-state index contributed by atoms with van der Waals surface area (Å²) in [7, 11) is 0. The highest BCUT2D eigenvalue weighted by Crippen LogP contribution is 2.33. The number of thiophene rings is 1. The number of hydrogen-bond acceptors (Lipinski definition) is 4. The maximum absolute atomic E-state index is 13.4. The van der Waals surface area contributed by atoms with Crippen LogP contribution in [0.3, 0.4) is 0 Å². The van der Waals surface area contributed by atoms with E-state index in [9.17, 15) is 14.4 Å². The van der Waals surface area contributed by atoms with Gasteiger partial charge < -0.3 is 5.32 Å². The van der Waals surface area contributed by atoms with E-state index in [1.54, 1.807) is 17.5 Å². The molecular formula is C22H18N2O3S. The van der Waals surface area contributed by atoms with E-state index < -0.39 is 17.5 Å². The van der Waals surface area contributed by atoms with Gasteiger partial charge in [0.25, 0.3) is 5.91 Å². The topological polar surface area (TPSA) is 66.5 Å². The lowest BCUT2D eigenvalue weighted by atomic mass is 9.83. The maximum atomic E-state index is 13.4. The van der Waals surface area contributed by atoms with Crippen molar-refractivity contribution in [3.8, 4) is 0 Å². The molecule has 1 aromatic heterocycles. The summed E-state index contributed by atoms with van der Waals surface area (Å²) in [6.45, 7) is -0.269.